The van der Waals surface area contributed by atoms with Gasteiger partial charge in [0.05, 0.1) is 0 Å². The van der Waals surface area contributed by atoms with E-state index in [1.54, 1.807) is 0 Å². The van der Waals surface area contributed by atoms with Crippen LogP contribution in [0.3, 0.4) is 0 Å². The Labute approximate surface area is 375 Å². The van der Waals surface area contributed by atoms with Crippen molar-refractivity contribution in [3.8, 4) is 0 Å². The number of rotatable bonds is 27. The minimum absolute atomic E-state index is 0.0358. The second kappa shape index (κ2) is 22.9. The average Bonchev–Trinajstić information content (AvgIpc) is 3.20. The molecule has 348 valence electrons. The summed E-state index contributed by atoms with van der Waals surface area (Å²) < 4.78 is 6.47. The SMILES string of the molecule is CCCCCCCCCCCCCCCCCCCCCCCCCCCC(=O)O[C@H]1CC[C@@]2(C)C(CC[C@]3(C)[C@@H]2CCC2=C4CC(C)(C)CC[C@]4(C)CC[C@]23C)C1(C)C. The fraction of sp³-hybridized carbons (Fsp3) is 0.948. The maximum Gasteiger partial charge on any atom is 0.306 e. The molecule has 7 atom stereocenters. The Bertz CT molecular complexity index is 1320. The van der Waals surface area contributed by atoms with Crippen LogP contribution in [0.4, 0.5) is 0 Å². The van der Waals surface area contributed by atoms with Gasteiger partial charge in [-0.1, -0.05) is 228 Å². The van der Waals surface area contributed by atoms with Gasteiger partial charge in [-0.15, -0.1) is 0 Å². The van der Waals surface area contributed by atoms with Gasteiger partial charge in [-0.05, 0) is 116 Å². The van der Waals surface area contributed by atoms with Gasteiger partial charge in [-0.25, -0.2) is 0 Å². The third-order valence-corrected chi connectivity index (χ3v) is 19.6. The van der Waals surface area contributed by atoms with Crippen molar-refractivity contribution < 1.29 is 9.53 Å². The molecule has 0 radical (unpaired) electrons. The second-order valence-corrected chi connectivity index (χ2v) is 24.9. The maximum atomic E-state index is 13.3. The van der Waals surface area contributed by atoms with Crippen LogP contribution in [-0.4, -0.2) is 12.1 Å². The molecule has 0 aromatic carbocycles. The maximum absolute atomic E-state index is 13.3. The molecular weight excluding hydrogens is 729 g/mol. The fourth-order valence-electron chi connectivity index (χ4n) is 15.3. The first-order valence-corrected chi connectivity index (χ1v) is 27.6. The number of carbonyl (C=O) groups is 1. The molecule has 5 aliphatic carbocycles. The first-order valence-electron chi connectivity index (χ1n) is 27.6. The molecule has 0 amide bonds. The predicted octanol–water partition coefficient (Wildman–Crippen LogP) is 19.0. The molecule has 1 unspecified atom stereocenters. The van der Waals surface area contributed by atoms with Gasteiger partial charge in [0.25, 0.3) is 0 Å². The molecule has 0 aromatic rings. The van der Waals surface area contributed by atoms with Crippen molar-refractivity contribution in [1.29, 1.82) is 0 Å². The van der Waals surface area contributed by atoms with Crippen LogP contribution < -0.4 is 0 Å². The Morgan fingerprint density at radius 1 is 0.500 bits per heavy atom. The second-order valence-electron chi connectivity index (χ2n) is 24.9. The van der Waals surface area contributed by atoms with E-state index in [0.717, 1.165) is 18.8 Å². The summed E-state index contributed by atoms with van der Waals surface area (Å²) in [4.78, 5) is 13.3. The van der Waals surface area contributed by atoms with Crippen LogP contribution in [0.2, 0.25) is 0 Å². The zero-order chi connectivity index (χ0) is 43.3. The molecule has 0 N–H and O–H groups in total. The Morgan fingerprint density at radius 3 is 1.47 bits per heavy atom. The Kier molecular flexibility index (Phi) is 19.2. The Hall–Kier alpha value is -0.790. The predicted molar refractivity (Wildman–Crippen MR) is 260 cm³/mol. The lowest BCUT2D eigenvalue weighted by Gasteiger charge is -2.71. The van der Waals surface area contributed by atoms with Crippen molar-refractivity contribution >= 4 is 5.97 Å². The lowest BCUT2D eigenvalue weighted by molar-refractivity contribution is -0.214. The monoisotopic (exact) mass is 833 g/mol. The highest BCUT2D eigenvalue weighted by molar-refractivity contribution is 5.69. The molecule has 0 saturated heterocycles. The Morgan fingerprint density at radius 2 is 0.967 bits per heavy atom. The van der Waals surface area contributed by atoms with Gasteiger partial charge in [0.15, 0.2) is 0 Å². The average molecular weight is 833 g/mol. The molecule has 4 fully saturated rings. The van der Waals surface area contributed by atoms with Gasteiger partial charge < -0.3 is 4.74 Å². The van der Waals surface area contributed by atoms with Crippen molar-refractivity contribution in [2.24, 2.45) is 44.3 Å². The summed E-state index contributed by atoms with van der Waals surface area (Å²) in [6, 6.07) is 0. The molecule has 0 aliphatic heterocycles. The van der Waals surface area contributed by atoms with E-state index >= 15 is 0 Å². The van der Waals surface area contributed by atoms with Crippen molar-refractivity contribution in [2.75, 3.05) is 0 Å². The van der Waals surface area contributed by atoms with Crippen molar-refractivity contribution in [3.63, 3.8) is 0 Å². The third-order valence-electron chi connectivity index (χ3n) is 19.6. The smallest absolute Gasteiger partial charge is 0.306 e. The van der Waals surface area contributed by atoms with E-state index in [0.29, 0.717) is 39.4 Å². The van der Waals surface area contributed by atoms with Gasteiger partial charge >= 0.3 is 5.97 Å². The zero-order valence-corrected chi connectivity index (χ0v) is 42.2. The quantitative estimate of drug-likeness (QED) is 0.0468. The highest BCUT2D eigenvalue weighted by Crippen LogP contribution is 2.75. The van der Waals surface area contributed by atoms with E-state index < -0.39 is 0 Å². The van der Waals surface area contributed by atoms with E-state index in [4.69, 9.17) is 4.74 Å². The minimum Gasteiger partial charge on any atom is -0.462 e. The van der Waals surface area contributed by atoms with Crippen LogP contribution in [0.25, 0.3) is 0 Å². The summed E-state index contributed by atoms with van der Waals surface area (Å²) in [5, 5.41) is 0. The van der Waals surface area contributed by atoms with Gasteiger partial charge in [0.2, 0.25) is 0 Å². The summed E-state index contributed by atoms with van der Waals surface area (Å²) in [7, 11) is 0. The van der Waals surface area contributed by atoms with E-state index in [-0.39, 0.29) is 17.5 Å². The summed E-state index contributed by atoms with van der Waals surface area (Å²) in [5.74, 6) is 1.47. The number of unbranched alkanes of at least 4 members (excludes halogenated alkanes) is 24. The van der Waals surface area contributed by atoms with Gasteiger partial charge in [-0.2, -0.15) is 0 Å². The molecule has 2 heteroatoms. The van der Waals surface area contributed by atoms with E-state index in [2.05, 4.69) is 62.3 Å². The molecule has 60 heavy (non-hydrogen) atoms. The number of hydrogen-bond donors (Lipinski definition) is 0. The lowest BCUT2D eigenvalue weighted by Crippen LogP contribution is -2.64. The standard InChI is InChI=1S/C58H104O2/c1-10-11-12-13-14-15-16-17-18-19-20-21-22-23-24-25-26-27-28-29-30-31-32-33-34-35-52(59)60-51-39-40-56(7)49(54(51,4)5)38-41-58(9)50(56)37-36-47-48-46-53(2,3)42-43-55(48,6)44-45-57(47,58)8/h49-51H,10-46H2,1-9H3/t49?,50-,51+,55-,56+,57-,58-/m1/s1. The zero-order valence-electron chi connectivity index (χ0n) is 42.2. The molecular formula is C58H104O2. The minimum atomic E-state index is 0.0358. The van der Waals surface area contributed by atoms with Crippen molar-refractivity contribution in [2.45, 2.75) is 306 Å². The number of esters is 1. The van der Waals surface area contributed by atoms with Crippen LogP contribution in [-0.2, 0) is 9.53 Å². The molecule has 0 aromatic heterocycles. The number of ether oxygens (including phenoxy) is 1. The summed E-state index contributed by atoms with van der Waals surface area (Å²) in [5.41, 5.74) is 5.79. The summed E-state index contributed by atoms with van der Waals surface area (Å²) >= 11 is 0. The number of carbonyl (C=O) groups excluding carboxylic acids is 1. The molecule has 5 aliphatic rings. The van der Waals surface area contributed by atoms with Gasteiger partial charge in [0.1, 0.15) is 6.10 Å². The summed E-state index contributed by atoms with van der Waals surface area (Å²) in [6.07, 6.45) is 50.3. The topological polar surface area (TPSA) is 26.3 Å². The Balaban J connectivity index is 0.896. The molecule has 5 rings (SSSR count). The third kappa shape index (κ3) is 12.3. The lowest BCUT2D eigenvalue weighted by atomic mass is 9.34. The van der Waals surface area contributed by atoms with Crippen LogP contribution in [0.15, 0.2) is 11.1 Å². The number of allylic oxidation sites excluding steroid dienone is 2. The molecule has 2 nitrogen and oxygen atoms in total. The van der Waals surface area contributed by atoms with Crippen molar-refractivity contribution in [1.82, 2.24) is 0 Å². The number of hydrogen-bond acceptors (Lipinski definition) is 2. The largest absolute Gasteiger partial charge is 0.462 e. The number of fused-ring (bicyclic) bond motifs is 6. The molecule has 4 saturated carbocycles. The highest BCUT2D eigenvalue weighted by Gasteiger charge is 2.67. The molecule has 0 spiro atoms. The molecule has 0 heterocycles. The normalized spacial score (nSPS) is 33.1. The van der Waals surface area contributed by atoms with E-state index in [1.165, 1.54) is 218 Å². The van der Waals surface area contributed by atoms with Crippen LogP contribution in [0.1, 0.15) is 300 Å². The first-order chi connectivity index (χ1) is 28.6. The molecule has 0 bridgehead atoms. The van der Waals surface area contributed by atoms with Crippen LogP contribution in [0.5, 0.6) is 0 Å². The van der Waals surface area contributed by atoms with Crippen LogP contribution >= 0.6 is 0 Å². The van der Waals surface area contributed by atoms with Crippen LogP contribution in [0, 0.1) is 44.3 Å². The highest BCUT2D eigenvalue weighted by atomic mass is 16.5. The van der Waals surface area contributed by atoms with E-state index in [9.17, 15) is 4.79 Å². The van der Waals surface area contributed by atoms with E-state index in [1.807, 2.05) is 11.1 Å². The first kappa shape index (κ1) is 50.2. The summed E-state index contributed by atoms with van der Waals surface area (Å²) in [6.45, 7) is 23.1. The van der Waals surface area contributed by atoms with Gasteiger partial charge in [0, 0.05) is 11.8 Å². The fourth-order valence-corrected chi connectivity index (χ4v) is 15.3. The van der Waals surface area contributed by atoms with Gasteiger partial charge in [-0.3, -0.25) is 4.79 Å². The van der Waals surface area contributed by atoms with Crippen molar-refractivity contribution in [3.05, 3.63) is 11.1 Å².